The molecule has 6 heteroatoms. The van der Waals surface area contributed by atoms with Crippen LogP contribution in [0.25, 0.3) is 0 Å². The molecule has 1 saturated heterocycles. The van der Waals surface area contributed by atoms with Gasteiger partial charge >= 0.3 is 0 Å². The van der Waals surface area contributed by atoms with Gasteiger partial charge < -0.3 is 5.32 Å². The van der Waals surface area contributed by atoms with E-state index in [1.807, 2.05) is 0 Å². The third-order valence-electron chi connectivity index (χ3n) is 4.64. The van der Waals surface area contributed by atoms with E-state index in [2.05, 4.69) is 21.2 Å². The molecule has 1 heterocycles. The third-order valence-corrected chi connectivity index (χ3v) is 5.25. The Kier molecular flexibility index (Phi) is 3.67. The Hall–Kier alpha value is -1.56. The number of rotatable bonds is 1. The number of ketones is 2. The Morgan fingerprint density at radius 3 is 2.50 bits per heavy atom. The van der Waals surface area contributed by atoms with Gasteiger partial charge in [-0.05, 0) is 59.0 Å². The van der Waals surface area contributed by atoms with Crippen molar-refractivity contribution in [2.75, 3.05) is 0 Å². The molecule has 1 aromatic rings. The Balaban J connectivity index is 1.99. The van der Waals surface area contributed by atoms with E-state index in [9.17, 15) is 18.8 Å². The monoisotopic (exact) mass is 367 g/mol. The molecule has 22 heavy (non-hydrogen) atoms. The largest absolute Gasteiger partial charge is 0.343 e. The lowest BCUT2D eigenvalue weighted by atomic mass is 9.76. The van der Waals surface area contributed by atoms with Crippen LogP contribution in [-0.2, 0) is 14.4 Å². The zero-order valence-electron chi connectivity index (χ0n) is 12.0. The zero-order chi connectivity index (χ0) is 16.1. The van der Waals surface area contributed by atoms with E-state index >= 15 is 0 Å². The highest BCUT2D eigenvalue weighted by Gasteiger charge is 2.54. The van der Waals surface area contributed by atoms with Crippen LogP contribution in [0.3, 0.4) is 0 Å². The van der Waals surface area contributed by atoms with Gasteiger partial charge in [-0.2, -0.15) is 0 Å². The highest BCUT2D eigenvalue weighted by Crippen LogP contribution is 2.39. The second-order valence-corrected chi connectivity index (χ2v) is 6.88. The second-order valence-electron chi connectivity index (χ2n) is 6.03. The van der Waals surface area contributed by atoms with Crippen molar-refractivity contribution in [2.45, 2.75) is 44.1 Å². The van der Waals surface area contributed by atoms with Gasteiger partial charge in [0, 0.05) is 12.8 Å². The smallest absolute Gasteiger partial charge is 0.235 e. The van der Waals surface area contributed by atoms with Crippen molar-refractivity contribution >= 4 is 33.4 Å². The fourth-order valence-corrected chi connectivity index (χ4v) is 3.71. The van der Waals surface area contributed by atoms with Crippen molar-refractivity contribution in [3.63, 3.8) is 0 Å². The van der Waals surface area contributed by atoms with Gasteiger partial charge in [-0.3, -0.25) is 14.4 Å². The molecule has 1 unspecified atom stereocenters. The van der Waals surface area contributed by atoms with Crippen molar-refractivity contribution in [3.05, 3.63) is 33.5 Å². The summed E-state index contributed by atoms with van der Waals surface area (Å²) in [5.41, 5.74) is 0.158. The molecule has 1 spiro atoms. The summed E-state index contributed by atoms with van der Waals surface area (Å²) < 4.78 is 13.8. The number of amides is 1. The van der Waals surface area contributed by atoms with Gasteiger partial charge in [-0.1, -0.05) is 0 Å². The Bertz CT molecular complexity index is 691. The molecule has 116 valence electrons. The first-order chi connectivity index (χ1) is 10.3. The van der Waals surface area contributed by atoms with Crippen LogP contribution < -0.4 is 5.32 Å². The number of Topliss-reactive ketones (excluding diaryl/α,β-unsaturated/α-hetero) is 2. The lowest BCUT2D eigenvalue weighted by Crippen LogP contribution is -2.49. The molecule has 3 rings (SSSR count). The summed E-state index contributed by atoms with van der Waals surface area (Å²) in [5.74, 6) is -1.79. The molecule has 0 radical (unpaired) electrons. The number of carbonyl (C=O) groups excluding carboxylic acids is 3. The SMILES string of the molecule is Cc1cc(F)c(Br)cc1C1C(=O)NC2(CCC(=O)CC2)C1=O. The first-order valence-corrected chi connectivity index (χ1v) is 7.97. The van der Waals surface area contributed by atoms with Crippen LogP contribution in [0.15, 0.2) is 16.6 Å². The first-order valence-electron chi connectivity index (χ1n) is 7.18. The number of aryl methyl sites for hydroxylation is 1. The highest BCUT2D eigenvalue weighted by atomic mass is 79.9. The fraction of sp³-hybridized carbons (Fsp3) is 0.438. The Labute approximate surface area is 135 Å². The van der Waals surface area contributed by atoms with Crippen molar-refractivity contribution in [3.8, 4) is 0 Å². The zero-order valence-corrected chi connectivity index (χ0v) is 13.6. The minimum Gasteiger partial charge on any atom is -0.343 e. The van der Waals surface area contributed by atoms with E-state index < -0.39 is 17.3 Å². The van der Waals surface area contributed by atoms with Crippen molar-refractivity contribution < 1.29 is 18.8 Å². The van der Waals surface area contributed by atoms with Crippen LogP contribution in [0.1, 0.15) is 42.7 Å². The maximum absolute atomic E-state index is 13.6. The van der Waals surface area contributed by atoms with E-state index in [4.69, 9.17) is 0 Å². The highest BCUT2D eigenvalue weighted by molar-refractivity contribution is 9.10. The van der Waals surface area contributed by atoms with Gasteiger partial charge in [0.1, 0.15) is 23.1 Å². The number of carbonyl (C=O) groups is 3. The maximum Gasteiger partial charge on any atom is 0.235 e. The average Bonchev–Trinajstić information content (AvgIpc) is 2.70. The van der Waals surface area contributed by atoms with Gasteiger partial charge in [0.05, 0.1) is 4.47 Å². The van der Waals surface area contributed by atoms with Crippen LogP contribution in [-0.4, -0.2) is 23.0 Å². The molecule has 0 aromatic heterocycles. The topological polar surface area (TPSA) is 63.2 Å². The van der Waals surface area contributed by atoms with Gasteiger partial charge in [0.2, 0.25) is 5.91 Å². The molecule has 1 amide bonds. The quantitative estimate of drug-likeness (QED) is 0.775. The van der Waals surface area contributed by atoms with Crippen LogP contribution in [0.2, 0.25) is 0 Å². The summed E-state index contributed by atoms with van der Waals surface area (Å²) >= 11 is 3.10. The summed E-state index contributed by atoms with van der Waals surface area (Å²) in [4.78, 5) is 36.6. The molecule has 1 atom stereocenters. The van der Waals surface area contributed by atoms with Crippen LogP contribution in [0.4, 0.5) is 4.39 Å². The maximum atomic E-state index is 13.6. The standard InChI is InChI=1S/C16H15BrFNO3/c1-8-6-12(18)11(17)7-10(8)13-14(21)16(19-15(13)22)4-2-9(20)3-5-16/h6-7,13H,2-5H2,1H3,(H,19,22). The molecule has 1 aliphatic carbocycles. The predicted octanol–water partition coefficient (Wildman–Crippen LogP) is 2.56. The lowest BCUT2D eigenvalue weighted by Gasteiger charge is -2.31. The molecule has 2 aliphatic rings. The summed E-state index contributed by atoms with van der Waals surface area (Å²) in [6.45, 7) is 1.68. The molecule has 1 aliphatic heterocycles. The predicted molar refractivity (Wildman–Crippen MR) is 80.9 cm³/mol. The third kappa shape index (κ3) is 2.29. The molecule has 0 bridgehead atoms. The average molecular weight is 368 g/mol. The van der Waals surface area contributed by atoms with Crippen molar-refractivity contribution in [2.24, 2.45) is 0 Å². The van der Waals surface area contributed by atoms with Crippen LogP contribution >= 0.6 is 15.9 Å². The van der Waals surface area contributed by atoms with E-state index in [-0.39, 0.29) is 21.9 Å². The minimum atomic E-state index is -0.928. The van der Waals surface area contributed by atoms with Crippen molar-refractivity contribution in [1.82, 2.24) is 5.32 Å². The van der Waals surface area contributed by atoms with Gasteiger partial charge in [0.15, 0.2) is 5.78 Å². The molecule has 4 nitrogen and oxygen atoms in total. The first kappa shape index (κ1) is 15.3. The van der Waals surface area contributed by atoms with E-state index in [1.54, 1.807) is 6.92 Å². The summed E-state index contributed by atoms with van der Waals surface area (Å²) in [6.07, 6.45) is 1.33. The molecular weight excluding hydrogens is 353 g/mol. The molecule has 1 N–H and O–H groups in total. The number of halogens is 2. The van der Waals surface area contributed by atoms with Gasteiger partial charge in [0.25, 0.3) is 0 Å². The molecule has 1 saturated carbocycles. The Morgan fingerprint density at radius 2 is 1.86 bits per heavy atom. The fourth-order valence-electron chi connectivity index (χ4n) is 3.35. The summed E-state index contributed by atoms with van der Waals surface area (Å²) in [5, 5.41) is 2.80. The summed E-state index contributed by atoms with van der Waals surface area (Å²) in [7, 11) is 0. The second kappa shape index (κ2) is 5.26. The lowest BCUT2D eigenvalue weighted by molar-refractivity contribution is -0.127. The Morgan fingerprint density at radius 1 is 1.23 bits per heavy atom. The van der Waals surface area contributed by atoms with Gasteiger partial charge in [-0.15, -0.1) is 0 Å². The van der Waals surface area contributed by atoms with E-state index in [0.29, 0.717) is 36.8 Å². The number of hydrogen-bond acceptors (Lipinski definition) is 3. The number of hydrogen-bond donors (Lipinski definition) is 1. The van der Waals surface area contributed by atoms with Crippen LogP contribution in [0, 0.1) is 12.7 Å². The minimum absolute atomic E-state index is 0.122. The normalized spacial score (nSPS) is 24.0. The molecule has 2 fully saturated rings. The number of nitrogens with one attached hydrogen (secondary N) is 1. The van der Waals surface area contributed by atoms with E-state index in [1.165, 1.54) is 12.1 Å². The molecule has 1 aromatic carbocycles. The molecular formula is C16H15BrFNO3. The van der Waals surface area contributed by atoms with E-state index in [0.717, 1.165) is 0 Å². The van der Waals surface area contributed by atoms with Crippen molar-refractivity contribution in [1.29, 1.82) is 0 Å². The number of benzene rings is 1. The van der Waals surface area contributed by atoms with Gasteiger partial charge in [-0.25, -0.2) is 4.39 Å². The summed E-state index contributed by atoms with van der Waals surface area (Å²) in [6, 6.07) is 2.81. The van der Waals surface area contributed by atoms with Crippen LogP contribution in [0.5, 0.6) is 0 Å².